The molecule has 1 amide bonds. The minimum Gasteiger partial charge on any atom is -0.362 e. The first-order chi connectivity index (χ1) is 14.4. The summed E-state index contributed by atoms with van der Waals surface area (Å²) in [6.45, 7) is 9.92. The summed E-state index contributed by atoms with van der Waals surface area (Å²) < 4.78 is 0. The number of carbonyl (C=O) groups is 1. The number of hydrogen-bond donors (Lipinski definition) is 1. The third-order valence-corrected chi connectivity index (χ3v) is 6.29. The fourth-order valence-electron chi connectivity index (χ4n) is 4.07. The molecule has 0 spiro atoms. The van der Waals surface area contributed by atoms with Crippen LogP contribution in [0.1, 0.15) is 45.2 Å². The molecule has 30 heavy (non-hydrogen) atoms. The van der Waals surface area contributed by atoms with E-state index in [-0.39, 0.29) is 11.4 Å². The van der Waals surface area contributed by atoms with Gasteiger partial charge in [0.25, 0.3) is 5.91 Å². The quantitative estimate of drug-likeness (QED) is 0.622. The number of para-hydroxylation sites is 1. The summed E-state index contributed by atoms with van der Waals surface area (Å²) in [4.78, 5) is 20.1. The Labute approximate surface area is 182 Å². The van der Waals surface area contributed by atoms with E-state index in [2.05, 4.69) is 67.2 Å². The molecule has 1 N–H and O–H groups in total. The van der Waals surface area contributed by atoms with Crippen LogP contribution in [0, 0.1) is 0 Å². The van der Waals surface area contributed by atoms with Crippen LogP contribution in [0.4, 0.5) is 11.4 Å². The second-order valence-corrected chi connectivity index (χ2v) is 9.26. The highest BCUT2D eigenvalue weighted by atomic mass is 32.2. The Balaban J connectivity index is 1.63. The standard InChI is InChI=1S/C25H27N3OS/c1-5-13-28-21-12-11-18(14-20(21)17(2)16-25(28,3)4)15-22-23(29)27-24(30-22)26-19-9-7-6-8-10-19/h6-12,14-16H,5,13H2,1-4H3,(H,26,27,29)/b22-15+. The molecule has 5 heteroatoms. The van der Waals surface area contributed by atoms with Gasteiger partial charge in [0.15, 0.2) is 5.17 Å². The first kappa shape index (κ1) is 20.5. The molecule has 2 heterocycles. The number of aliphatic imine (C=N–C) groups is 1. The van der Waals surface area contributed by atoms with Crippen LogP contribution in [0.3, 0.4) is 0 Å². The van der Waals surface area contributed by atoms with E-state index in [0.29, 0.717) is 10.1 Å². The van der Waals surface area contributed by atoms with Crippen molar-refractivity contribution in [3.63, 3.8) is 0 Å². The van der Waals surface area contributed by atoms with Crippen LogP contribution in [0.15, 0.2) is 64.5 Å². The third-order valence-electron chi connectivity index (χ3n) is 5.38. The van der Waals surface area contributed by atoms with Crippen LogP contribution >= 0.6 is 11.8 Å². The van der Waals surface area contributed by atoms with Gasteiger partial charge >= 0.3 is 0 Å². The maximum absolute atomic E-state index is 12.5. The topological polar surface area (TPSA) is 44.7 Å². The molecule has 4 nitrogen and oxygen atoms in total. The number of anilines is 1. The lowest BCUT2D eigenvalue weighted by Crippen LogP contribution is -2.45. The molecule has 1 saturated heterocycles. The van der Waals surface area contributed by atoms with E-state index in [1.807, 2.05) is 36.4 Å². The van der Waals surface area contributed by atoms with Gasteiger partial charge in [-0.15, -0.1) is 0 Å². The number of nitrogens with one attached hydrogen (secondary N) is 1. The van der Waals surface area contributed by atoms with Crippen molar-refractivity contribution in [2.45, 2.75) is 39.7 Å². The summed E-state index contributed by atoms with van der Waals surface area (Å²) in [5.74, 6) is -0.103. The van der Waals surface area contributed by atoms with Gasteiger partial charge in [-0.05, 0) is 80.4 Å². The summed E-state index contributed by atoms with van der Waals surface area (Å²) in [6.07, 6.45) is 5.39. The first-order valence-corrected chi connectivity index (χ1v) is 11.2. The van der Waals surface area contributed by atoms with Crippen LogP contribution in [0.2, 0.25) is 0 Å². The number of thioether (sulfide) groups is 1. The highest BCUT2D eigenvalue weighted by Gasteiger charge is 2.31. The lowest BCUT2D eigenvalue weighted by molar-refractivity contribution is -0.115. The Bertz CT molecular complexity index is 1070. The second kappa shape index (κ2) is 8.15. The number of amides is 1. The average Bonchev–Trinajstić information content (AvgIpc) is 3.04. The molecule has 2 aromatic carbocycles. The van der Waals surface area contributed by atoms with E-state index >= 15 is 0 Å². The summed E-state index contributed by atoms with van der Waals surface area (Å²) >= 11 is 1.38. The molecule has 4 rings (SSSR count). The lowest BCUT2D eigenvalue weighted by Gasteiger charge is -2.43. The van der Waals surface area contributed by atoms with Crippen molar-refractivity contribution in [3.05, 3.63) is 70.6 Å². The Morgan fingerprint density at radius 2 is 1.93 bits per heavy atom. The predicted molar refractivity (Wildman–Crippen MR) is 129 cm³/mol. The average molecular weight is 418 g/mol. The van der Waals surface area contributed by atoms with Crippen molar-refractivity contribution in [1.29, 1.82) is 0 Å². The molecule has 0 saturated carbocycles. The molecular formula is C25H27N3OS. The molecule has 0 bridgehead atoms. The van der Waals surface area contributed by atoms with Crippen LogP contribution in [0.25, 0.3) is 11.6 Å². The van der Waals surface area contributed by atoms with E-state index in [1.165, 1.54) is 28.6 Å². The second-order valence-electron chi connectivity index (χ2n) is 8.23. The van der Waals surface area contributed by atoms with E-state index in [0.717, 1.165) is 24.2 Å². The SMILES string of the molecule is CCCN1c2ccc(/C=C3/SC(=Nc4ccccc4)NC3=O)cc2C(C)=CC1(C)C. The maximum Gasteiger partial charge on any atom is 0.264 e. The van der Waals surface area contributed by atoms with Crippen molar-refractivity contribution in [2.75, 3.05) is 11.4 Å². The minimum atomic E-state index is -0.103. The molecule has 0 aliphatic carbocycles. The van der Waals surface area contributed by atoms with Gasteiger partial charge in [0, 0.05) is 17.8 Å². The number of hydrogen-bond acceptors (Lipinski definition) is 4. The van der Waals surface area contributed by atoms with E-state index in [4.69, 9.17) is 0 Å². The molecule has 2 aliphatic heterocycles. The molecule has 2 aliphatic rings. The number of allylic oxidation sites excluding steroid dienone is 1. The Morgan fingerprint density at radius 1 is 1.17 bits per heavy atom. The van der Waals surface area contributed by atoms with Crippen molar-refractivity contribution >= 4 is 45.9 Å². The zero-order valence-electron chi connectivity index (χ0n) is 17.9. The van der Waals surface area contributed by atoms with Crippen LogP contribution < -0.4 is 10.2 Å². The predicted octanol–water partition coefficient (Wildman–Crippen LogP) is 5.99. The van der Waals surface area contributed by atoms with Gasteiger partial charge < -0.3 is 10.2 Å². The molecule has 0 unspecified atom stereocenters. The normalized spacial score (nSPS) is 20.3. The molecular weight excluding hydrogens is 390 g/mol. The minimum absolute atomic E-state index is 0.00291. The monoisotopic (exact) mass is 417 g/mol. The van der Waals surface area contributed by atoms with Gasteiger partial charge in [-0.1, -0.05) is 37.3 Å². The lowest BCUT2D eigenvalue weighted by atomic mass is 9.88. The molecule has 0 atom stereocenters. The number of rotatable bonds is 4. The van der Waals surface area contributed by atoms with Gasteiger partial charge in [0.1, 0.15) is 0 Å². The smallest absolute Gasteiger partial charge is 0.264 e. The Morgan fingerprint density at radius 3 is 2.67 bits per heavy atom. The third kappa shape index (κ3) is 4.08. The molecule has 0 radical (unpaired) electrons. The molecule has 1 fully saturated rings. The number of nitrogens with zero attached hydrogens (tertiary/aromatic N) is 2. The van der Waals surface area contributed by atoms with Crippen LogP contribution in [-0.2, 0) is 4.79 Å². The summed E-state index contributed by atoms with van der Waals surface area (Å²) in [7, 11) is 0. The Kier molecular flexibility index (Phi) is 5.56. The fraction of sp³-hybridized carbons (Fsp3) is 0.280. The first-order valence-electron chi connectivity index (χ1n) is 10.3. The van der Waals surface area contributed by atoms with Gasteiger partial charge in [-0.2, -0.15) is 0 Å². The highest BCUT2D eigenvalue weighted by Crippen LogP contribution is 2.40. The van der Waals surface area contributed by atoms with E-state index in [9.17, 15) is 4.79 Å². The van der Waals surface area contributed by atoms with Crippen molar-refractivity contribution in [1.82, 2.24) is 5.32 Å². The molecule has 0 aromatic heterocycles. The van der Waals surface area contributed by atoms with Gasteiger partial charge in [-0.3, -0.25) is 4.79 Å². The number of benzene rings is 2. The molecule has 2 aromatic rings. The largest absolute Gasteiger partial charge is 0.362 e. The molecule has 154 valence electrons. The Hall–Kier alpha value is -2.79. The van der Waals surface area contributed by atoms with E-state index < -0.39 is 0 Å². The number of carbonyl (C=O) groups excluding carboxylic acids is 1. The summed E-state index contributed by atoms with van der Waals surface area (Å²) in [5, 5.41) is 3.48. The van der Waals surface area contributed by atoms with Gasteiger partial charge in [0.05, 0.1) is 16.1 Å². The van der Waals surface area contributed by atoms with Crippen LogP contribution in [0.5, 0.6) is 0 Å². The fourth-order valence-corrected chi connectivity index (χ4v) is 4.92. The van der Waals surface area contributed by atoms with Crippen molar-refractivity contribution in [2.24, 2.45) is 4.99 Å². The van der Waals surface area contributed by atoms with Crippen molar-refractivity contribution < 1.29 is 4.79 Å². The van der Waals surface area contributed by atoms with E-state index in [1.54, 1.807) is 0 Å². The van der Waals surface area contributed by atoms with Crippen LogP contribution in [-0.4, -0.2) is 23.2 Å². The van der Waals surface area contributed by atoms with Gasteiger partial charge in [-0.25, -0.2) is 4.99 Å². The number of fused-ring (bicyclic) bond motifs is 1. The summed E-state index contributed by atoms with van der Waals surface area (Å²) in [6, 6.07) is 16.1. The number of amidine groups is 1. The van der Waals surface area contributed by atoms with Crippen molar-refractivity contribution in [3.8, 4) is 0 Å². The zero-order valence-corrected chi connectivity index (χ0v) is 18.7. The highest BCUT2D eigenvalue weighted by molar-refractivity contribution is 8.18. The zero-order chi connectivity index (χ0) is 21.3. The van der Waals surface area contributed by atoms with Gasteiger partial charge in [0.2, 0.25) is 0 Å². The summed E-state index contributed by atoms with van der Waals surface area (Å²) in [5.41, 5.74) is 5.62. The maximum atomic E-state index is 12.5.